The quantitative estimate of drug-likeness (QED) is 0.561. The number of rotatable bonds is 5. The van der Waals surface area contributed by atoms with Gasteiger partial charge >= 0.3 is 0 Å². The lowest BCUT2D eigenvalue weighted by Crippen LogP contribution is -2.29. The van der Waals surface area contributed by atoms with E-state index < -0.39 is 13.9 Å². The van der Waals surface area contributed by atoms with E-state index in [1.54, 1.807) is 6.92 Å². The summed E-state index contributed by atoms with van der Waals surface area (Å²) in [6.45, 7) is 1.70. The van der Waals surface area contributed by atoms with Crippen LogP contribution < -0.4 is 0 Å². The van der Waals surface area contributed by atoms with Gasteiger partial charge in [0, 0.05) is 12.8 Å². The van der Waals surface area contributed by atoms with E-state index in [-0.39, 0.29) is 12.2 Å². The van der Waals surface area contributed by atoms with E-state index in [0.29, 0.717) is 6.42 Å². The van der Waals surface area contributed by atoms with E-state index in [0.717, 1.165) is 0 Å². The zero-order chi connectivity index (χ0) is 10.6. The minimum Gasteiger partial charge on any atom is -0.297 e. The second-order valence-corrected chi connectivity index (χ2v) is 6.39. The minimum absolute atomic E-state index is 0.129. The van der Waals surface area contributed by atoms with Gasteiger partial charge in [-0.15, -0.1) is 0 Å². The molecule has 0 heterocycles. The lowest BCUT2D eigenvalue weighted by Gasteiger charge is -2.19. The SMILES string of the molecule is CCC(=O)C(Cl)(Br)CC(Br)C(=O)Cl. The topological polar surface area (TPSA) is 34.1 Å². The van der Waals surface area contributed by atoms with Gasteiger partial charge in [0.15, 0.2) is 9.57 Å². The molecular formula is C7H8Br2Cl2O2. The molecule has 0 radical (unpaired) electrons. The first-order chi connectivity index (χ1) is 5.81. The zero-order valence-electron chi connectivity index (χ0n) is 6.82. The molecule has 0 N–H and O–H groups in total. The molecule has 0 aliphatic carbocycles. The first-order valence-electron chi connectivity index (χ1n) is 3.55. The molecule has 0 fully saturated rings. The van der Waals surface area contributed by atoms with E-state index in [9.17, 15) is 9.59 Å². The predicted molar refractivity (Wildman–Crippen MR) is 61.0 cm³/mol. The molecular weight excluding hydrogens is 347 g/mol. The number of ketones is 1. The second kappa shape index (κ2) is 5.69. The molecule has 13 heavy (non-hydrogen) atoms. The Balaban J connectivity index is 4.32. The van der Waals surface area contributed by atoms with Gasteiger partial charge in [-0.05, 0) is 11.6 Å². The van der Waals surface area contributed by atoms with Gasteiger partial charge in [0.1, 0.15) is 0 Å². The number of hydrogen-bond donors (Lipinski definition) is 0. The van der Waals surface area contributed by atoms with Crippen LogP contribution in [-0.4, -0.2) is 19.6 Å². The minimum atomic E-state index is -1.19. The Kier molecular flexibility index (Phi) is 6.07. The van der Waals surface area contributed by atoms with E-state index >= 15 is 0 Å². The van der Waals surface area contributed by atoms with Crippen molar-refractivity contribution in [2.75, 3.05) is 0 Å². The molecule has 0 aliphatic heterocycles. The van der Waals surface area contributed by atoms with E-state index in [2.05, 4.69) is 31.9 Å². The van der Waals surface area contributed by atoms with Gasteiger partial charge in [0.25, 0.3) is 0 Å². The second-order valence-electron chi connectivity index (χ2n) is 2.46. The van der Waals surface area contributed by atoms with Crippen molar-refractivity contribution in [3.8, 4) is 0 Å². The predicted octanol–water partition coefficient (Wildman–Crippen LogP) is 3.21. The Bertz CT molecular complexity index is 219. The highest BCUT2D eigenvalue weighted by molar-refractivity contribution is 9.11. The highest BCUT2D eigenvalue weighted by Gasteiger charge is 2.35. The standard InChI is InChI=1S/C7H8Br2Cl2O2/c1-2-5(12)7(9,11)3-4(8)6(10)13/h4H,2-3H2,1H3. The van der Waals surface area contributed by atoms with Crippen molar-refractivity contribution >= 4 is 66.1 Å². The fourth-order valence-electron chi connectivity index (χ4n) is 0.678. The fraction of sp³-hybridized carbons (Fsp3) is 0.714. The molecule has 0 aromatic rings. The molecule has 0 spiro atoms. The lowest BCUT2D eigenvalue weighted by atomic mass is 10.1. The first-order valence-corrected chi connectivity index (χ1v) is 6.02. The Hall–Kier alpha value is 0.880. The van der Waals surface area contributed by atoms with Crippen molar-refractivity contribution in [1.82, 2.24) is 0 Å². The number of hydrogen-bond acceptors (Lipinski definition) is 2. The van der Waals surface area contributed by atoms with Crippen molar-refractivity contribution in [1.29, 1.82) is 0 Å². The van der Waals surface area contributed by atoms with Crippen molar-refractivity contribution < 1.29 is 9.59 Å². The summed E-state index contributed by atoms with van der Waals surface area (Å²) in [7, 11) is 0. The van der Waals surface area contributed by atoms with Crippen LogP contribution in [0.25, 0.3) is 0 Å². The number of halogens is 4. The summed E-state index contributed by atoms with van der Waals surface area (Å²) < 4.78 is -1.19. The smallest absolute Gasteiger partial charge is 0.235 e. The highest BCUT2D eigenvalue weighted by atomic mass is 79.9. The third-order valence-electron chi connectivity index (χ3n) is 1.41. The summed E-state index contributed by atoms with van der Waals surface area (Å²) in [5.74, 6) is -0.170. The highest BCUT2D eigenvalue weighted by Crippen LogP contribution is 2.34. The van der Waals surface area contributed by atoms with Crippen LogP contribution in [0.4, 0.5) is 0 Å². The summed E-state index contributed by atoms with van der Waals surface area (Å²) in [5, 5.41) is -0.562. The van der Waals surface area contributed by atoms with Crippen LogP contribution in [0.3, 0.4) is 0 Å². The van der Waals surface area contributed by atoms with Crippen LogP contribution in [0.2, 0.25) is 0 Å². The van der Waals surface area contributed by atoms with Crippen LogP contribution >= 0.6 is 55.1 Å². The normalized spacial score (nSPS) is 17.6. The summed E-state index contributed by atoms with van der Waals surface area (Å²) in [6.07, 6.45) is 0.439. The van der Waals surface area contributed by atoms with Crippen molar-refractivity contribution in [3.05, 3.63) is 0 Å². The molecule has 0 aromatic carbocycles. The molecule has 2 unspecified atom stereocenters. The number of carbonyl (C=O) groups is 2. The molecule has 0 aromatic heterocycles. The maximum Gasteiger partial charge on any atom is 0.235 e. The monoisotopic (exact) mass is 352 g/mol. The van der Waals surface area contributed by atoms with Gasteiger partial charge < -0.3 is 0 Å². The number of alkyl halides is 3. The Morgan fingerprint density at radius 3 is 2.31 bits per heavy atom. The summed E-state index contributed by atoms with van der Waals surface area (Å²) in [6, 6.07) is 0. The molecule has 0 aliphatic rings. The van der Waals surface area contributed by atoms with E-state index in [4.69, 9.17) is 23.2 Å². The molecule has 6 heteroatoms. The molecule has 0 saturated heterocycles. The van der Waals surface area contributed by atoms with Crippen molar-refractivity contribution in [2.45, 2.75) is 28.4 Å². The third kappa shape index (κ3) is 4.77. The van der Waals surface area contributed by atoms with Gasteiger partial charge in [-0.3, -0.25) is 9.59 Å². The zero-order valence-corrected chi connectivity index (χ0v) is 11.5. The molecule has 0 amide bonds. The van der Waals surface area contributed by atoms with Crippen LogP contribution in [0.15, 0.2) is 0 Å². The molecule has 0 rings (SSSR count). The summed E-state index contributed by atoms with van der Waals surface area (Å²) in [4.78, 5) is 21.3. The van der Waals surface area contributed by atoms with Crippen molar-refractivity contribution in [2.24, 2.45) is 0 Å². The molecule has 0 saturated carbocycles. The fourth-order valence-corrected chi connectivity index (χ4v) is 2.75. The van der Waals surface area contributed by atoms with Gasteiger partial charge in [0.2, 0.25) is 5.24 Å². The van der Waals surface area contributed by atoms with Gasteiger partial charge in [-0.25, -0.2) is 0 Å². The summed E-state index contributed by atoms with van der Waals surface area (Å²) >= 11 is 17.1. The molecule has 2 atom stereocenters. The van der Waals surface area contributed by atoms with Crippen molar-refractivity contribution in [3.63, 3.8) is 0 Å². The van der Waals surface area contributed by atoms with Crippen LogP contribution in [0.1, 0.15) is 19.8 Å². The van der Waals surface area contributed by atoms with Crippen LogP contribution in [0.5, 0.6) is 0 Å². The van der Waals surface area contributed by atoms with Gasteiger partial charge in [-0.1, -0.05) is 50.4 Å². The Labute approximate surface area is 104 Å². The molecule has 2 nitrogen and oxygen atoms in total. The van der Waals surface area contributed by atoms with E-state index in [1.165, 1.54) is 0 Å². The average Bonchev–Trinajstić information content (AvgIpc) is 2.01. The van der Waals surface area contributed by atoms with Crippen LogP contribution in [-0.2, 0) is 9.59 Å². The van der Waals surface area contributed by atoms with Gasteiger partial charge in [0.05, 0.1) is 4.83 Å². The average molecular weight is 355 g/mol. The third-order valence-corrected chi connectivity index (χ3v) is 3.81. The van der Waals surface area contributed by atoms with Crippen LogP contribution in [0, 0.1) is 0 Å². The Morgan fingerprint density at radius 1 is 1.54 bits per heavy atom. The van der Waals surface area contributed by atoms with Gasteiger partial charge in [-0.2, -0.15) is 0 Å². The lowest BCUT2D eigenvalue weighted by molar-refractivity contribution is -0.119. The molecule has 0 bridgehead atoms. The number of carbonyl (C=O) groups excluding carboxylic acids is 2. The largest absolute Gasteiger partial charge is 0.297 e. The molecule has 76 valence electrons. The van der Waals surface area contributed by atoms with E-state index in [1.807, 2.05) is 0 Å². The maximum absolute atomic E-state index is 11.2. The summed E-state index contributed by atoms with van der Waals surface area (Å²) in [5.41, 5.74) is 0. The number of Topliss-reactive ketones (excluding diaryl/α,β-unsaturated/α-hetero) is 1. The first kappa shape index (κ1) is 13.9. The Morgan fingerprint density at radius 2 is 2.00 bits per heavy atom. The maximum atomic E-state index is 11.2.